The number of anilines is 2. The van der Waals surface area contributed by atoms with Crippen LogP contribution < -0.4 is 37.6 Å². The second kappa shape index (κ2) is 10.8. The Balaban J connectivity index is 1.75. The predicted molar refractivity (Wildman–Crippen MR) is 166 cm³/mol. The molecule has 3 N–H and O–H groups in total. The number of halogens is 1. The van der Waals surface area contributed by atoms with Crippen LogP contribution >= 0.6 is 0 Å². The van der Waals surface area contributed by atoms with Gasteiger partial charge >= 0.3 is 6.01 Å². The molecule has 8 radical (unpaired) electrons. The van der Waals surface area contributed by atoms with E-state index in [1.54, 1.807) is 30.7 Å². The van der Waals surface area contributed by atoms with E-state index < -0.39 is 11.7 Å². The average Bonchev–Trinajstić information content (AvgIpc) is 3.24. The van der Waals surface area contributed by atoms with Crippen LogP contribution in [0.1, 0.15) is 12.6 Å². The van der Waals surface area contributed by atoms with Crippen molar-refractivity contribution < 1.29 is 13.9 Å². The van der Waals surface area contributed by atoms with Crippen molar-refractivity contribution in [2.45, 2.75) is 13.8 Å². The second-order valence-corrected chi connectivity index (χ2v) is 9.61. The highest BCUT2D eigenvalue weighted by Crippen LogP contribution is 2.41. The maximum absolute atomic E-state index is 15.5. The fourth-order valence-corrected chi connectivity index (χ4v) is 4.60. The third-order valence-corrected chi connectivity index (χ3v) is 6.71. The molecule has 5 rings (SSSR count). The van der Waals surface area contributed by atoms with Gasteiger partial charge in [0.15, 0.2) is 11.6 Å². The summed E-state index contributed by atoms with van der Waals surface area (Å²) in [7, 11) is 27.5. The summed E-state index contributed by atoms with van der Waals surface area (Å²) in [6.45, 7) is 6.91. The zero-order valence-corrected chi connectivity index (χ0v) is 23.0. The molecule has 0 saturated carbocycles. The molecule has 0 spiro atoms. The third-order valence-electron chi connectivity index (χ3n) is 6.71. The lowest BCUT2D eigenvalue weighted by Crippen LogP contribution is -2.46. The van der Waals surface area contributed by atoms with Crippen molar-refractivity contribution in [1.82, 2.24) is 24.5 Å². The Morgan fingerprint density at radius 1 is 1.05 bits per heavy atom. The van der Waals surface area contributed by atoms with E-state index in [-0.39, 0.29) is 56.3 Å². The van der Waals surface area contributed by atoms with E-state index in [0.29, 0.717) is 33.5 Å². The molecule has 2 aromatic carbocycles. The van der Waals surface area contributed by atoms with Gasteiger partial charge in [0, 0.05) is 35.8 Å². The molecule has 3 aromatic heterocycles. The van der Waals surface area contributed by atoms with Crippen LogP contribution in [0.3, 0.4) is 0 Å². The number of rotatable bonds is 6. The molecule has 0 atom stereocenters. The van der Waals surface area contributed by atoms with E-state index in [2.05, 4.69) is 31.8 Å². The molecule has 42 heavy (non-hydrogen) atoms. The number of nitrogen functional groups attached to an aromatic ring is 1. The molecule has 1 amide bonds. The largest absolute Gasteiger partial charge is 0.421 e. The number of carbonyl (C=O) groups is 1. The summed E-state index contributed by atoms with van der Waals surface area (Å²) < 4.78 is 22.8. The lowest BCUT2D eigenvalue weighted by Gasteiger charge is -2.24. The minimum atomic E-state index is -0.700. The number of nitrogens with one attached hydrogen (secondary N) is 1. The number of carbonyl (C=O) groups excluding carboxylic acids is 1. The topological polar surface area (TPSA) is 121 Å². The highest BCUT2D eigenvalue weighted by atomic mass is 19.1. The number of nitrogens with two attached hydrogens (primary N) is 1. The standard InChI is InChI=1S/C28H20B4FN7O2/c1-11(2)27(41)39-23-21(31)19(29)18(20(30)22(23)32)24-16(17-25(34)36-10-37-26(17)40(24)4)13-5-6-15(14(33)9-13)42-28-35-8-7-12(3)38-28/h5-10H,1H2,2-4H3,(H,39,41)(H2,34,36,37). The molecule has 14 heteroatoms. The fourth-order valence-electron chi connectivity index (χ4n) is 4.60. The summed E-state index contributed by atoms with van der Waals surface area (Å²) in [4.78, 5) is 29.0. The Hall–Kier alpha value is -4.86. The van der Waals surface area contributed by atoms with Crippen LogP contribution in [-0.4, -0.2) is 61.8 Å². The van der Waals surface area contributed by atoms with Crippen LogP contribution in [0, 0.1) is 12.7 Å². The SMILES string of the molecule is [B]c1c([B])c(-c2c(-c3ccc(Oc4nccc(C)n4)c(F)c3)c3c(N)ncnc3n2C)c([B])c([B])c1NC(=O)C(=C)C. The first kappa shape index (κ1) is 28.7. The molecule has 0 unspecified atom stereocenters. The first-order valence-corrected chi connectivity index (χ1v) is 12.5. The summed E-state index contributed by atoms with van der Waals surface area (Å²) in [6.07, 6.45) is 2.81. The molecule has 9 nitrogen and oxygen atoms in total. The van der Waals surface area contributed by atoms with Crippen molar-refractivity contribution in [2.24, 2.45) is 7.05 Å². The minimum Gasteiger partial charge on any atom is -0.421 e. The van der Waals surface area contributed by atoms with E-state index in [1.807, 2.05) is 0 Å². The van der Waals surface area contributed by atoms with Gasteiger partial charge in [-0.3, -0.25) is 4.79 Å². The molecular weight excluding hydrogens is 529 g/mol. The molecule has 5 aromatic rings. The van der Waals surface area contributed by atoms with Gasteiger partial charge in [0.25, 0.3) is 5.91 Å². The number of ether oxygens (including phenoxy) is 1. The molecule has 198 valence electrons. The average molecular weight is 549 g/mol. The van der Waals surface area contributed by atoms with Crippen LogP contribution in [0.4, 0.5) is 15.9 Å². The van der Waals surface area contributed by atoms with Gasteiger partial charge < -0.3 is 20.4 Å². The van der Waals surface area contributed by atoms with Gasteiger partial charge in [-0.15, -0.1) is 0 Å². The first-order valence-electron chi connectivity index (χ1n) is 12.5. The maximum Gasteiger partial charge on any atom is 0.322 e. The molecule has 0 bridgehead atoms. The van der Waals surface area contributed by atoms with Crippen molar-refractivity contribution >= 4 is 81.7 Å². The minimum absolute atomic E-state index is 0.00419. The molecule has 0 saturated heterocycles. The van der Waals surface area contributed by atoms with E-state index in [4.69, 9.17) is 41.9 Å². The number of nitrogens with zero attached hydrogens (tertiary/aromatic N) is 5. The van der Waals surface area contributed by atoms with Gasteiger partial charge in [0.05, 0.1) is 11.1 Å². The highest BCUT2D eigenvalue weighted by Gasteiger charge is 2.26. The predicted octanol–water partition coefficient (Wildman–Crippen LogP) is 0.604. The Kier molecular flexibility index (Phi) is 7.40. The number of hydrogen-bond donors (Lipinski definition) is 2. The van der Waals surface area contributed by atoms with E-state index >= 15 is 4.39 Å². The van der Waals surface area contributed by atoms with Gasteiger partial charge in [-0.1, -0.05) is 34.5 Å². The number of fused-ring (bicyclic) bond motifs is 1. The smallest absolute Gasteiger partial charge is 0.322 e. The van der Waals surface area contributed by atoms with Crippen LogP contribution in [0.15, 0.2) is 48.9 Å². The number of aromatic nitrogens is 5. The van der Waals surface area contributed by atoms with Crippen molar-refractivity contribution in [3.8, 4) is 34.1 Å². The van der Waals surface area contributed by atoms with E-state index in [0.717, 1.165) is 0 Å². The summed E-state index contributed by atoms with van der Waals surface area (Å²) in [5.41, 5.74) is 9.09. The Bertz CT molecular complexity index is 1920. The maximum atomic E-state index is 15.5. The van der Waals surface area contributed by atoms with Gasteiger partial charge in [0.2, 0.25) is 0 Å². The van der Waals surface area contributed by atoms with Gasteiger partial charge in [0.1, 0.15) is 49.2 Å². The molecule has 0 fully saturated rings. The second-order valence-electron chi connectivity index (χ2n) is 9.61. The van der Waals surface area contributed by atoms with Crippen molar-refractivity contribution in [3.05, 3.63) is 60.5 Å². The Morgan fingerprint density at radius 2 is 1.74 bits per heavy atom. The van der Waals surface area contributed by atoms with Crippen molar-refractivity contribution in [3.63, 3.8) is 0 Å². The fraction of sp³-hybridized carbons (Fsp3) is 0.107. The van der Waals surface area contributed by atoms with Crippen LogP contribution in [0.5, 0.6) is 11.8 Å². The highest BCUT2D eigenvalue weighted by molar-refractivity contribution is 6.63. The van der Waals surface area contributed by atoms with Crippen molar-refractivity contribution in [2.75, 3.05) is 11.1 Å². The number of hydrogen-bond acceptors (Lipinski definition) is 7. The molecule has 0 aliphatic rings. The molecule has 0 aliphatic heterocycles. The molecule has 0 aliphatic carbocycles. The van der Waals surface area contributed by atoms with Crippen molar-refractivity contribution in [1.29, 1.82) is 0 Å². The van der Waals surface area contributed by atoms with Crippen LogP contribution in [-0.2, 0) is 11.8 Å². The quantitative estimate of drug-likeness (QED) is 0.236. The van der Waals surface area contributed by atoms with Gasteiger partial charge in [-0.05, 0) is 43.2 Å². The van der Waals surface area contributed by atoms with Crippen LogP contribution in [0.25, 0.3) is 33.4 Å². The van der Waals surface area contributed by atoms with Gasteiger partial charge in [-0.2, -0.15) is 0 Å². The van der Waals surface area contributed by atoms with E-state index in [1.165, 1.54) is 31.6 Å². The third kappa shape index (κ3) is 4.82. The monoisotopic (exact) mass is 549 g/mol. The number of amides is 1. The lowest BCUT2D eigenvalue weighted by atomic mass is 9.65. The van der Waals surface area contributed by atoms with E-state index in [9.17, 15) is 4.79 Å². The molecule has 3 heterocycles. The normalized spacial score (nSPS) is 11.0. The Morgan fingerprint density at radius 3 is 2.36 bits per heavy atom. The number of aryl methyl sites for hydroxylation is 2. The summed E-state index contributed by atoms with van der Waals surface area (Å²) in [6, 6.07) is 6.01. The zero-order chi connectivity index (χ0) is 30.5. The lowest BCUT2D eigenvalue weighted by molar-refractivity contribution is -0.112. The zero-order valence-electron chi connectivity index (χ0n) is 23.0. The van der Waals surface area contributed by atoms with Gasteiger partial charge in [-0.25, -0.2) is 24.3 Å². The summed E-state index contributed by atoms with van der Waals surface area (Å²) in [5.74, 6) is -1.18. The molecular formula is C28H20B4FN7O2. The number of benzene rings is 2. The summed E-state index contributed by atoms with van der Waals surface area (Å²) in [5, 5.41) is 3.02. The van der Waals surface area contributed by atoms with Crippen LogP contribution in [0.2, 0.25) is 0 Å². The summed E-state index contributed by atoms with van der Waals surface area (Å²) >= 11 is 0. The Labute approximate surface area is 246 Å². The first-order chi connectivity index (χ1) is 19.9.